The average Bonchev–Trinajstić information content (AvgIpc) is 3.05. The number of aromatic amines is 1. The maximum Gasteiger partial charge on any atom is 0.338 e. The molecule has 0 aliphatic carbocycles. The van der Waals surface area contributed by atoms with E-state index < -0.39 is 5.97 Å². The number of carbonyl (C=O) groups excluding carboxylic acids is 2. The highest BCUT2D eigenvalue weighted by atomic mass is 35.5. The largest absolute Gasteiger partial charge is 0.454 e. The Hall–Kier alpha value is -2.30. The molecule has 0 aliphatic heterocycles. The summed E-state index contributed by atoms with van der Waals surface area (Å²) in [5.41, 5.74) is 2.81. The van der Waals surface area contributed by atoms with Gasteiger partial charge in [0.05, 0.1) is 15.6 Å². The molecule has 0 bridgehead atoms. The fourth-order valence-corrected chi connectivity index (χ4v) is 2.96. The topological polar surface area (TPSA) is 59.2 Å². The van der Waals surface area contributed by atoms with Gasteiger partial charge >= 0.3 is 5.97 Å². The third-order valence-electron chi connectivity index (χ3n) is 3.97. The third kappa shape index (κ3) is 3.55. The first-order chi connectivity index (χ1) is 12.0. The quantitative estimate of drug-likeness (QED) is 0.499. The fraction of sp³-hybridized carbons (Fsp3) is 0.158. The molecule has 1 heterocycles. The number of hydrogen-bond acceptors (Lipinski definition) is 3. The van der Waals surface area contributed by atoms with Gasteiger partial charge in [0.1, 0.15) is 0 Å². The standard InChI is InChI=1S/C19H15Cl2NO3/c1-2-11-4-3-5-13-14(9-22-18(11)13)17(23)10-25-19(24)12-6-7-15(20)16(21)8-12/h3-9,22H,2,10H2,1H3. The molecule has 0 aliphatic rings. The van der Waals surface area contributed by atoms with Crippen LogP contribution in [-0.4, -0.2) is 23.3 Å². The normalized spacial score (nSPS) is 10.8. The molecular formula is C19H15Cl2NO3. The molecule has 128 valence electrons. The van der Waals surface area contributed by atoms with Crippen LogP contribution in [0.5, 0.6) is 0 Å². The molecule has 3 aromatic rings. The van der Waals surface area contributed by atoms with Gasteiger partial charge in [-0.1, -0.05) is 48.3 Å². The average molecular weight is 376 g/mol. The van der Waals surface area contributed by atoms with Gasteiger partial charge in [0.2, 0.25) is 5.78 Å². The summed E-state index contributed by atoms with van der Waals surface area (Å²) in [7, 11) is 0. The van der Waals surface area contributed by atoms with E-state index in [2.05, 4.69) is 11.9 Å². The molecular weight excluding hydrogens is 361 g/mol. The van der Waals surface area contributed by atoms with Crippen molar-refractivity contribution in [1.29, 1.82) is 0 Å². The van der Waals surface area contributed by atoms with Gasteiger partial charge in [-0.15, -0.1) is 0 Å². The van der Waals surface area contributed by atoms with E-state index in [0.29, 0.717) is 10.6 Å². The van der Waals surface area contributed by atoms with Crippen LogP contribution in [0.1, 0.15) is 33.2 Å². The number of esters is 1. The van der Waals surface area contributed by atoms with Gasteiger partial charge in [-0.3, -0.25) is 4.79 Å². The Morgan fingerprint density at radius 1 is 1.12 bits per heavy atom. The zero-order valence-corrected chi connectivity index (χ0v) is 14.9. The number of rotatable bonds is 5. The van der Waals surface area contributed by atoms with E-state index in [9.17, 15) is 9.59 Å². The number of nitrogens with one attached hydrogen (secondary N) is 1. The van der Waals surface area contributed by atoms with E-state index >= 15 is 0 Å². The van der Waals surface area contributed by atoms with Crippen LogP contribution < -0.4 is 0 Å². The van der Waals surface area contributed by atoms with Gasteiger partial charge < -0.3 is 9.72 Å². The molecule has 6 heteroatoms. The highest BCUT2D eigenvalue weighted by Crippen LogP contribution is 2.24. The fourth-order valence-electron chi connectivity index (χ4n) is 2.66. The number of Topliss-reactive ketones (excluding diaryl/α,β-unsaturated/α-hetero) is 1. The molecule has 0 spiro atoms. The van der Waals surface area contributed by atoms with Crippen molar-refractivity contribution in [1.82, 2.24) is 4.98 Å². The van der Waals surface area contributed by atoms with E-state index in [0.717, 1.165) is 22.9 Å². The van der Waals surface area contributed by atoms with Crippen LogP contribution in [0.2, 0.25) is 10.0 Å². The lowest BCUT2D eigenvalue weighted by Gasteiger charge is -2.05. The second-order valence-electron chi connectivity index (χ2n) is 5.52. The number of aromatic nitrogens is 1. The van der Waals surface area contributed by atoms with Gasteiger partial charge in [-0.2, -0.15) is 0 Å². The molecule has 1 N–H and O–H groups in total. The van der Waals surface area contributed by atoms with Crippen molar-refractivity contribution in [2.45, 2.75) is 13.3 Å². The van der Waals surface area contributed by atoms with Crippen molar-refractivity contribution < 1.29 is 14.3 Å². The number of benzene rings is 2. The minimum Gasteiger partial charge on any atom is -0.454 e. The van der Waals surface area contributed by atoms with Gasteiger partial charge in [0.25, 0.3) is 0 Å². The monoisotopic (exact) mass is 375 g/mol. The molecule has 4 nitrogen and oxygen atoms in total. The number of ether oxygens (including phenoxy) is 1. The van der Waals surface area contributed by atoms with Crippen molar-refractivity contribution in [3.05, 3.63) is 69.3 Å². The number of fused-ring (bicyclic) bond motifs is 1. The Balaban J connectivity index is 1.74. The predicted octanol–water partition coefficient (Wildman–Crippen LogP) is 5.08. The van der Waals surface area contributed by atoms with Gasteiger partial charge in [0, 0.05) is 22.7 Å². The summed E-state index contributed by atoms with van der Waals surface area (Å²) in [6, 6.07) is 10.2. The highest BCUT2D eigenvalue weighted by molar-refractivity contribution is 6.42. The Kier molecular flexibility index (Phi) is 5.11. The number of aryl methyl sites for hydroxylation is 1. The lowest BCUT2D eigenvalue weighted by atomic mass is 10.1. The zero-order chi connectivity index (χ0) is 18.0. The molecule has 0 unspecified atom stereocenters. The number of hydrogen-bond donors (Lipinski definition) is 1. The van der Waals surface area contributed by atoms with Gasteiger partial charge in [-0.25, -0.2) is 4.79 Å². The molecule has 3 rings (SSSR count). The van der Waals surface area contributed by atoms with Crippen molar-refractivity contribution >= 4 is 45.9 Å². The molecule has 0 amide bonds. The molecule has 0 radical (unpaired) electrons. The van der Waals surface area contributed by atoms with Crippen LogP contribution >= 0.6 is 23.2 Å². The van der Waals surface area contributed by atoms with Crippen LogP contribution in [0.25, 0.3) is 10.9 Å². The Bertz CT molecular complexity index is 962. The smallest absolute Gasteiger partial charge is 0.338 e. The second kappa shape index (κ2) is 7.30. The molecule has 0 saturated carbocycles. The molecule has 25 heavy (non-hydrogen) atoms. The first-order valence-electron chi connectivity index (χ1n) is 7.75. The van der Waals surface area contributed by atoms with Gasteiger partial charge in [0.15, 0.2) is 6.61 Å². The first kappa shape index (κ1) is 17.5. The highest BCUT2D eigenvalue weighted by Gasteiger charge is 2.16. The number of H-pyrrole nitrogens is 1. The number of carbonyl (C=O) groups is 2. The minimum atomic E-state index is -0.624. The third-order valence-corrected chi connectivity index (χ3v) is 4.71. The lowest BCUT2D eigenvalue weighted by molar-refractivity contribution is 0.0475. The van der Waals surface area contributed by atoms with Crippen LogP contribution in [0.4, 0.5) is 0 Å². The summed E-state index contributed by atoms with van der Waals surface area (Å²) in [6.07, 6.45) is 2.51. The Morgan fingerprint density at radius 2 is 1.92 bits per heavy atom. The number of para-hydroxylation sites is 1. The van der Waals surface area contributed by atoms with E-state index in [1.54, 1.807) is 6.20 Å². The SMILES string of the molecule is CCc1cccc2c(C(=O)COC(=O)c3ccc(Cl)c(Cl)c3)c[nH]c12. The van der Waals surface area contributed by atoms with Crippen molar-refractivity contribution in [3.8, 4) is 0 Å². The van der Waals surface area contributed by atoms with Crippen LogP contribution in [-0.2, 0) is 11.2 Å². The summed E-state index contributed by atoms with van der Waals surface area (Å²) in [5.74, 6) is -0.895. The molecule has 0 fully saturated rings. The molecule has 1 aromatic heterocycles. The summed E-state index contributed by atoms with van der Waals surface area (Å²) in [4.78, 5) is 27.6. The zero-order valence-electron chi connectivity index (χ0n) is 13.4. The van der Waals surface area contributed by atoms with E-state index in [1.165, 1.54) is 18.2 Å². The minimum absolute atomic E-state index is 0.245. The van der Waals surface area contributed by atoms with E-state index in [-0.39, 0.29) is 23.0 Å². The van der Waals surface area contributed by atoms with E-state index in [4.69, 9.17) is 27.9 Å². The molecule has 0 atom stereocenters. The maximum atomic E-state index is 12.4. The molecule has 2 aromatic carbocycles. The van der Waals surface area contributed by atoms with Crippen molar-refractivity contribution in [2.75, 3.05) is 6.61 Å². The Morgan fingerprint density at radius 3 is 2.64 bits per heavy atom. The second-order valence-corrected chi connectivity index (χ2v) is 6.34. The van der Waals surface area contributed by atoms with Crippen molar-refractivity contribution in [2.24, 2.45) is 0 Å². The van der Waals surface area contributed by atoms with Gasteiger partial charge in [-0.05, 0) is 30.2 Å². The predicted molar refractivity (Wildman–Crippen MR) is 98.8 cm³/mol. The van der Waals surface area contributed by atoms with Crippen molar-refractivity contribution in [3.63, 3.8) is 0 Å². The summed E-state index contributed by atoms with van der Waals surface area (Å²) in [6.45, 7) is 1.71. The van der Waals surface area contributed by atoms with Crippen LogP contribution in [0.15, 0.2) is 42.6 Å². The van der Waals surface area contributed by atoms with Crippen LogP contribution in [0.3, 0.4) is 0 Å². The van der Waals surface area contributed by atoms with E-state index in [1.807, 2.05) is 18.2 Å². The maximum absolute atomic E-state index is 12.4. The summed E-state index contributed by atoms with van der Waals surface area (Å²) >= 11 is 11.7. The number of halogens is 2. The first-order valence-corrected chi connectivity index (χ1v) is 8.51. The van der Waals surface area contributed by atoms with Crippen LogP contribution in [0, 0.1) is 0 Å². The summed E-state index contributed by atoms with van der Waals surface area (Å²) < 4.78 is 5.11. The molecule has 0 saturated heterocycles. The Labute approximate surface area is 154 Å². The number of ketones is 1. The lowest BCUT2D eigenvalue weighted by Crippen LogP contribution is -2.14. The summed E-state index contributed by atoms with van der Waals surface area (Å²) in [5, 5.41) is 1.43.